The van der Waals surface area contributed by atoms with Crippen LogP contribution < -0.4 is 10.3 Å². The number of aromatic amines is 1. The van der Waals surface area contributed by atoms with Crippen LogP contribution >= 0.6 is 0 Å². The molecule has 2 rings (SSSR count). The Morgan fingerprint density at radius 2 is 2.10 bits per heavy atom. The Morgan fingerprint density at radius 3 is 2.75 bits per heavy atom. The lowest BCUT2D eigenvalue weighted by molar-refractivity contribution is 0.172. The fourth-order valence-corrected chi connectivity index (χ4v) is 1.88. The molecule has 1 aromatic heterocycles. The van der Waals surface area contributed by atoms with E-state index in [2.05, 4.69) is 11.6 Å². The lowest BCUT2D eigenvalue weighted by atomic mass is 10.1. The summed E-state index contributed by atoms with van der Waals surface area (Å²) in [6.45, 7) is 3.63. The van der Waals surface area contributed by atoms with Crippen molar-refractivity contribution < 1.29 is 9.53 Å². The van der Waals surface area contributed by atoms with Crippen LogP contribution in [0.25, 0.3) is 10.9 Å². The van der Waals surface area contributed by atoms with Crippen LogP contribution in [-0.2, 0) is 6.42 Å². The number of nitrogens with one attached hydrogen (secondary N) is 1. The highest BCUT2D eigenvalue weighted by atomic mass is 16.6. The van der Waals surface area contributed by atoms with Crippen molar-refractivity contribution in [3.05, 3.63) is 52.8 Å². The first kappa shape index (κ1) is 13.9. The molecule has 0 bridgehead atoms. The minimum Gasteiger partial charge on any atom is -0.409 e. The maximum absolute atomic E-state index is 12.1. The van der Waals surface area contributed by atoms with Crippen molar-refractivity contribution in [2.24, 2.45) is 0 Å². The van der Waals surface area contributed by atoms with Gasteiger partial charge in [-0.25, -0.2) is 4.79 Å². The van der Waals surface area contributed by atoms with E-state index >= 15 is 0 Å². The number of nitrogens with zero attached hydrogens (tertiary/aromatic N) is 1. The van der Waals surface area contributed by atoms with Gasteiger partial charge in [0.1, 0.15) is 0 Å². The Balaban J connectivity index is 2.68. The number of hydrogen-bond donors (Lipinski definition) is 1. The first-order valence-electron chi connectivity index (χ1n) is 6.18. The van der Waals surface area contributed by atoms with Crippen molar-refractivity contribution in [3.8, 4) is 5.75 Å². The van der Waals surface area contributed by atoms with Gasteiger partial charge < -0.3 is 14.6 Å². The normalized spacial score (nSPS) is 10.3. The highest BCUT2D eigenvalue weighted by molar-refractivity contribution is 5.88. The van der Waals surface area contributed by atoms with E-state index in [-0.39, 0.29) is 5.56 Å². The maximum Gasteiger partial charge on any atom is 0.414 e. The van der Waals surface area contributed by atoms with Gasteiger partial charge in [-0.2, -0.15) is 0 Å². The zero-order valence-electron chi connectivity index (χ0n) is 11.5. The number of para-hydroxylation sites is 1. The van der Waals surface area contributed by atoms with Crippen LogP contribution in [0.15, 0.2) is 41.7 Å². The van der Waals surface area contributed by atoms with E-state index < -0.39 is 6.09 Å². The molecule has 20 heavy (non-hydrogen) atoms. The number of amides is 1. The van der Waals surface area contributed by atoms with E-state index in [0.717, 1.165) is 0 Å². The second-order valence-electron chi connectivity index (χ2n) is 4.56. The summed E-state index contributed by atoms with van der Waals surface area (Å²) in [5.74, 6) is 0.294. The van der Waals surface area contributed by atoms with Crippen molar-refractivity contribution in [3.63, 3.8) is 0 Å². The Kier molecular flexibility index (Phi) is 3.89. The van der Waals surface area contributed by atoms with E-state index in [9.17, 15) is 9.59 Å². The summed E-state index contributed by atoms with van der Waals surface area (Å²) in [5.41, 5.74) is 0.755. The number of pyridine rings is 1. The van der Waals surface area contributed by atoms with Gasteiger partial charge in [0.25, 0.3) is 5.56 Å². The number of allylic oxidation sites excluding steroid dienone is 1. The molecule has 1 heterocycles. The Labute approximate surface area is 116 Å². The molecule has 0 fully saturated rings. The van der Waals surface area contributed by atoms with Gasteiger partial charge in [-0.1, -0.05) is 18.2 Å². The van der Waals surface area contributed by atoms with Gasteiger partial charge in [0.15, 0.2) is 5.75 Å². The molecule has 0 unspecified atom stereocenters. The summed E-state index contributed by atoms with van der Waals surface area (Å²) in [7, 11) is 3.18. The number of fused-ring (bicyclic) bond motifs is 1. The van der Waals surface area contributed by atoms with E-state index in [0.29, 0.717) is 28.6 Å². The van der Waals surface area contributed by atoms with Crippen LogP contribution in [0, 0.1) is 0 Å². The summed E-state index contributed by atoms with van der Waals surface area (Å²) in [4.78, 5) is 28.0. The average Bonchev–Trinajstić information content (AvgIpc) is 2.42. The lowest BCUT2D eigenvalue weighted by Gasteiger charge is -2.15. The average molecular weight is 272 g/mol. The quantitative estimate of drug-likeness (QED) is 0.872. The third-order valence-corrected chi connectivity index (χ3v) is 2.87. The summed E-state index contributed by atoms with van der Waals surface area (Å²) in [6.07, 6.45) is 1.41. The van der Waals surface area contributed by atoms with Gasteiger partial charge in [0.2, 0.25) is 0 Å². The molecule has 5 heteroatoms. The standard InChI is InChI=1S/C15H16N2O3/c1-4-7-11-13(20-15(19)17(2)3)10-8-5-6-9-12(10)16-14(11)18/h4-6,8-9H,1,7H2,2-3H3,(H,16,18). The van der Waals surface area contributed by atoms with Crippen LogP contribution in [0.2, 0.25) is 0 Å². The fourth-order valence-electron chi connectivity index (χ4n) is 1.88. The topological polar surface area (TPSA) is 62.4 Å². The molecule has 0 radical (unpaired) electrons. The van der Waals surface area contributed by atoms with Gasteiger partial charge in [0.05, 0.1) is 11.1 Å². The van der Waals surface area contributed by atoms with Crippen molar-refractivity contribution >= 4 is 17.0 Å². The molecule has 104 valence electrons. The van der Waals surface area contributed by atoms with Crippen LogP contribution in [0.1, 0.15) is 5.56 Å². The van der Waals surface area contributed by atoms with E-state index in [1.54, 1.807) is 32.3 Å². The molecule has 0 spiro atoms. The second-order valence-corrected chi connectivity index (χ2v) is 4.56. The highest BCUT2D eigenvalue weighted by Gasteiger charge is 2.17. The predicted octanol–water partition coefficient (Wildman–Crippen LogP) is 2.32. The Morgan fingerprint density at radius 1 is 1.40 bits per heavy atom. The van der Waals surface area contributed by atoms with Crippen molar-refractivity contribution in [2.75, 3.05) is 14.1 Å². The van der Waals surface area contributed by atoms with Crippen molar-refractivity contribution in [1.29, 1.82) is 0 Å². The minimum absolute atomic E-state index is 0.273. The zero-order chi connectivity index (χ0) is 14.7. The monoisotopic (exact) mass is 272 g/mol. The zero-order valence-corrected chi connectivity index (χ0v) is 11.5. The molecule has 0 atom stereocenters. The molecule has 1 aromatic carbocycles. The molecular weight excluding hydrogens is 256 g/mol. The van der Waals surface area contributed by atoms with E-state index in [4.69, 9.17) is 4.74 Å². The van der Waals surface area contributed by atoms with Crippen molar-refractivity contribution in [2.45, 2.75) is 6.42 Å². The Bertz CT molecular complexity index is 717. The lowest BCUT2D eigenvalue weighted by Crippen LogP contribution is -2.27. The highest BCUT2D eigenvalue weighted by Crippen LogP contribution is 2.27. The molecule has 1 amide bonds. The molecule has 0 aliphatic carbocycles. The van der Waals surface area contributed by atoms with Gasteiger partial charge >= 0.3 is 6.09 Å². The van der Waals surface area contributed by atoms with Gasteiger partial charge in [0, 0.05) is 19.5 Å². The number of hydrogen-bond acceptors (Lipinski definition) is 3. The van der Waals surface area contributed by atoms with Crippen LogP contribution in [0.3, 0.4) is 0 Å². The summed E-state index contributed by atoms with van der Waals surface area (Å²) in [6, 6.07) is 7.20. The second kappa shape index (κ2) is 5.61. The number of carbonyl (C=O) groups excluding carboxylic acids is 1. The number of ether oxygens (including phenoxy) is 1. The number of rotatable bonds is 3. The fraction of sp³-hybridized carbons (Fsp3) is 0.200. The van der Waals surface area contributed by atoms with Crippen molar-refractivity contribution in [1.82, 2.24) is 9.88 Å². The summed E-state index contributed by atoms with van der Waals surface area (Å²) < 4.78 is 5.37. The summed E-state index contributed by atoms with van der Waals surface area (Å²) >= 11 is 0. The van der Waals surface area contributed by atoms with Gasteiger partial charge in [-0.15, -0.1) is 6.58 Å². The molecule has 2 aromatic rings. The third-order valence-electron chi connectivity index (χ3n) is 2.87. The van der Waals surface area contributed by atoms with Gasteiger partial charge in [-0.3, -0.25) is 4.79 Å². The number of benzene rings is 1. The maximum atomic E-state index is 12.1. The predicted molar refractivity (Wildman–Crippen MR) is 78.2 cm³/mol. The molecule has 0 aliphatic heterocycles. The molecule has 5 nitrogen and oxygen atoms in total. The number of carbonyl (C=O) groups is 1. The van der Waals surface area contributed by atoms with E-state index in [1.807, 2.05) is 12.1 Å². The number of aromatic nitrogens is 1. The molecule has 0 saturated heterocycles. The smallest absolute Gasteiger partial charge is 0.409 e. The summed E-state index contributed by atoms with van der Waals surface area (Å²) in [5, 5.41) is 0.694. The Hall–Kier alpha value is -2.56. The van der Waals surface area contributed by atoms with Crippen LogP contribution in [-0.4, -0.2) is 30.1 Å². The molecule has 1 N–H and O–H groups in total. The molecule has 0 aliphatic rings. The largest absolute Gasteiger partial charge is 0.414 e. The van der Waals surface area contributed by atoms with Crippen LogP contribution in [0.4, 0.5) is 4.79 Å². The third kappa shape index (κ3) is 2.56. The molecule has 0 saturated carbocycles. The molecular formula is C15H16N2O3. The van der Waals surface area contributed by atoms with E-state index in [1.165, 1.54) is 4.90 Å². The first-order chi connectivity index (χ1) is 9.54. The SMILES string of the molecule is C=CCc1c(OC(=O)N(C)C)c2ccccc2[nH]c1=O. The van der Waals surface area contributed by atoms with Gasteiger partial charge in [-0.05, 0) is 18.6 Å². The minimum atomic E-state index is -0.522. The number of H-pyrrole nitrogens is 1. The van der Waals surface area contributed by atoms with Crippen LogP contribution in [0.5, 0.6) is 5.75 Å². The first-order valence-corrected chi connectivity index (χ1v) is 6.18.